The highest BCUT2D eigenvalue weighted by Crippen LogP contribution is 2.27. The Balaban J connectivity index is 2.01. The largest absolute Gasteiger partial charge is 0.356 e. The number of nitrogens with one attached hydrogen (secondary N) is 1. The van der Waals surface area contributed by atoms with Crippen LogP contribution in [-0.4, -0.2) is 30.4 Å². The van der Waals surface area contributed by atoms with Gasteiger partial charge in [-0.3, -0.25) is 9.69 Å². The first kappa shape index (κ1) is 15.6. The highest BCUT2D eigenvalue weighted by molar-refractivity contribution is 6.35. The second kappa shape index (κ2) is 7.30. The van der Waals surface area contributed by atoms with Crippen LogP contribution in [0.2, 0.25) is 10.0 Å². The molecule has 0 spiro atoms. The summed E-state index contributed by atoms with van der Waals surface area (Å²) in [6.45, 7) is 5.09. The van der Waals surface area contributed by atoms with Gasteiger partial charge in [0, 0.05) is 35.2 Å². The lowest BCUT2D eigenvalue weighted by molar-refractivity contribution is -0.126. The average Bonchev–Trinajstić information content (AvgIpc) is 2.44. The zero-order valence-corrected chi connectivity index (χ0v) is 13.2. The molecule has 20 heavy (non-hydrogen) atoms. The molecular weight excluding hydrogens is 295 g/mol. The first-order valence-electron chi connectivity index (χ1n) is 7.04. The zero-order chi connectivity index (χ0) is 14.5. The summed E-state index contributed by atoms with van der Waals surface area (Å²) in [5.41, 5.74) is 0.951. The van der Waals surface area contributed by atoms with Crippen molar-refractivity contribution in [2.75, 3.05) is 19.6 Å². The number of carbonyl (C=O) groups excluding carboxylic acids is 1. The molecule has 110 valence electrons. The fraction of sp³-hybridized carbons (Fsp3) is 0.533. The van der Waals surface area contributed by atoms with Gasteiger partial charge in [-0.2, -0.15) is 0 Å². The molecule has 1 aliphatic rings. The average molecular weight is 315 g/mol. The van der Waals surface area contributed by atoms with Crippen molar-refractivity contribution in [1.29, 1.82) is 0 Å². The summed E-state index contributed by atoms with van der Waals surface area (Å²) in [6.07, 6.45) is 1.99. The maximum absolute atomic E-state index is 11.9. The predicted molar refractivity (Wildman–Crippen MR) is 83.1 cm³/mol. The Labute approximate surface area is 130 Å². The molecule has 1 aromatic rings. The van der Waals surface area contributed by atoms with E-state index in [2.05, 4.69) is 10.2 Å². The number of carbonyl (C=O) groups is 1. The number of likely N-dealkylation sites (tertiary alicyclic amines) is 1. The van der Waals surface area contributed by atoms with E-state index < -0.39 is 0 Å². The number of piperidine rings is 1. The molecule has 1 aliphatic heterocycles. The van der Waals surface area contributed by atoms with Gasteiger partial charge in [-0.1, -0.05) is 29.3 Å². The molecule has 0 aliphatic carbocycles. The van der Waals surface area contributed by atoms with Crippen molar-refractivity contribution < 1.29 is 4.79 Å². The molecule has 2 rings (SSSR count). The Kier molecular flexibility index (Phi) is 5.70. The Morgan fingerprint density at radius 1 is 1.40 bits per heavy atom. The van der Waals surface area contributed by atoms with E-state index in [9.17, 15) is 4.79 Å². The standard InChI is InChI=1S/C15H20Cl2N2O/c1-2-18-15(20)11-5-4-8-19(9-11)10-12-13(16)6-3-7-14(12)17/h3,6-7,11H,2,4-5,8-10H2,1H3,(H,18,20)/t11-/m0/s1. The molecule has 1 fully saturated rings. The molecule has 0 bridgehead atoms. The van der Waals surface area contributed by atoms with E-state index in [0.29, 0.717) is 23.1 Å². The van der Waals surface area contributed by atoms with Crippen molar-refractivity contribution in [2.24, 2.45) is 5.92 Å². The summed E-state index contributed by atoms with van der Waals surface area (Å²) >= 11 is 12.4. The van der Waals surface area contributed by atoms with Crippen LogP contribution in [-0.2, 0) is 11.3 Å². The predicted octanol–water partition coefficient (Wildman–Crippen LogP) is 3.34. The van der Waals surface area contributed by atoms with Gasteiger partial charge in [-0.15, -0.1) is 0 Å². The minimum atomic E-state index is 0.0740. The van der Waals surface area contributed by atoms with Crippen molar-refractivity contribution in [3.05, 3.63) is 33.8 Å². The van der Waals surface area contributed by atoms with Gasteiger partial charge in [0.15, 0.2) is 0 Å². The second-order valence-corrected chi connectivity index (χ2v) is 5.98. The summed E-state index contributed by atoms with van der Waals surface area (Å²) < 4.78 is 0. The number of halogens is 2. The van der Waals surface area contributed by atoms with Crippen LogP contribution >= 0.6 is 23.2 Å². The van der Waals surface area contributed by atoms with Crippen LogP contribution in [0.5, 0.6) is 0 Å². The van der Waals surface area contributed by atoms with Crippen molar-refractivity contribution >= 4 is 29.1 Å². The topological polar surface area (TPSA) is 32.3 Å². The molecule has 0 aromatic heterocycles. The van der Waals surface area contributed by atoms with E-state index in [1.807, 2.05) is 25.1 Å². The van der Waals surface area contributed by atoms with Crippen LogP contribution in [0.15, 0.2) is 18.2 Å². The van der Waals surface area contributed by atoms with Crippen molar-refractivity contribution in [3.63, 3.8) is 0 Å². The highest BCUT2D eigenvalue weighted by atomic mass is 35.5. The van der Waals surface area contributed by atoms with Crippen LogP contribution in [0.3, 0.4) is 0 Å². The number of nitrogens with zero attached hydrogens (tertiary/aromatic N) is 1. The van der Waals surface area contributed by atoms with Crippen LogP contribution in [0.1, 0.15) is 25.3 Å². The quantitative estimate of drug-likeness (QED) is 0.924. The molecule has 0 unspecified atom stereocenters. The van der Waals surface area contributed by atoms with E-state index in [0.717, 1.165) is 31.5 Å². The van der Waals surface area contributed by atoms with Gasteiger partial charge < -0.3 is 5.32 Å². The Morgan fingerprint density at radius 2 is 2.10 bits per heavy atom. The number of rotatable bonds is 4. The molecule has 3 nitrogen and oxygen atoms in total. The summed E-state index contributed by atoms with van der Waals surface area (Å²) in [5.74, 6) is 0.229. The summed E-state index contributed by atoms with van der Waals surface area (Å²) in [4.78, 5) is 14.2. The highest BCUT2D eigenvalue weighted by Gasteiger charge is 2.26. The lowest BCUT2D eigenvalue weighted by Gasteiger charge is -2.32. The normalized spacial score (nSPS) is 19.9. The van der Waals surface area contributed by atoms with Gasteiger partial charge in [0.25, 0.3) is 0 Å². The van der Waals surface area contributed by atoms with E-state index in [-0.39, 0.29) is 11.8 Å². The van der Waals surface area contributed by atoms with E-state index in [4.69, 9.17) is 23.2 Å². The first-order valence-corrected chi connectivity index (χ1v) is 7.80. The summed E-state index contributed by atoms with van der Waals surface area (Å²) in [7, 11) is 0. The van der Waals surface area contributed by atoms with E-state index >= 15 is 0 Å². The monoisotopic (exact) mass is 314 g/mol. The van der Waals surface area contributed by atoms with Crippen molar-refractivity contribution in [1.82, 2.24) is 10.2 Å². The molecule has 0 saturated carbocycles. The molecular formula is C15H20Cl2N2O. The van der Waals surface area contributed by atoms with Gasteiger partial charge in [0.1, 0.15) is 0 Å². The van der Waals surface area contributed by atoms with Gasteiger partial charge in [-0.25, -0.2) is 0 Å². The molecule has 5 heteroatoms. The van der Waals surface area contributed by atoms with Gasteiger partial charge in [0.05, 0.1) is 5.92 Å². The number of hydrogen-bond acceptors (Lipinski definition) is 2. The van der Waals surface area contributed by atoms with Crippen LogP contribution in [0, 0.1) is 5.92 Å². The lowest BCUT2D eigenvalue weighted by Crippen LogP contribution is -2.42. The summed E-state index contributed by atoms with van der Waals surface area (Å²) in [6, 6.07) is 5.56. The third-order valence-electron chi connectivity index (χ3n) is 3.67. The third kappa shape index (κ3) is 3.87. The molecule has 1 aromatic carbocycles. The van der Waals surface area contributed by atoms with Gasteiger partial charge >= 0.3 is 0 Å². The second-order valence-electron chi connectivity index (χ2n) is 5.17. The fourth-order valence-corrected chi connectivity index (χ4v) is 3.16. The lowest BCUT2D eigenvalue weighted by atomic mass is 9.96. The smallest absolute Gasteiger partial charge is 0.224 e. The molecule has 1 amide bonds. The van der Waals surface area contributed by atoms with E-state index in [1.54, 1.807) is 0 Å². The minimum Gasteiger partial charge on any atom is -0.356 e. The Morgan fingerprint density at radius 3 is 2.75 bits per heavy atom. The van der Waals surface area contributed by atoms with E-state index in [1.165, 1.54) is 0 Å². The molecule has 1 N–H and O–H groups in total. The third-order valence-corrected chi connectivity index (χ3v) is 4.38. The fourth-order valence-electron chi connectivity index (χ4n) is 2.64. The van der Waals surface area contributed by atoms with Crippen molar-refractivity contribution in [2.45, 2.75) is 26.3 Å². The molecule has 1 atom stereocenters. The molecule has 1 heterocycles. The number of amides is 1. The van der Waals surface area contributed by atoms with Crippen molar-refractivity contribution in [3.8, 4) is 0 Å². The minimum absolute atomic E-state index is 0.0740. The van der Waals surface area contributed by atoms with Gasteiger partial charge in [0.2, 0.25) is 5.91 Å². The van der Waals surface area contributed by atoms with Crippen LogP contribution in [0.25, 0.3) is 0 Å². The maximum atomic E-state index is 11.9. The molecule has 1 saturated heterocycles. The maximum Gasteiger partial charge on any atom is 0.224 e. The first-order chi connectivity index (χ1) is 9.61. The Bertz CT molecular complexity index is 459. The number of hydrogen-bond donors (Lipinski definition) is 1. The van der Waals surface area contributed by atoms with Crippen LogP contribution < -0.4 is 5.32 Å². The zero-order valence-electron chi connectivity index (χ0n) is 11.7. The van der Waals surface area contributed by atoms with Gasteiger partial charge in [-0.05, 0) is 38.4 Å². The number of benzene rings is 1. The SMILES string of the molecule is CCNC(=O)[C@H]1CCCN(Cc2c(Cl)cccc2Cl)C1. The summed E-state index contributed by atoms with van der Waals surface area (Å²) in [5, 5.41) is 4.29. The Hall–Kier alpha value is -0.770. The van der Waals surface area contributed by atoms with Crippen LogP contribution in [0.4, 0.5) is 0 Å². The molecule has 0 radical (unpaired) electrons.